The van der Waals surface area contributed by atoms with Crippen molar-refractivity contribution in [2.24, 2.45) is 11.7 Å². The summed E-state index contributed by atoms with van der Waals surface area (Å²) < 4.78 is 0. The summed E-state index contributed by atoms with van der Waals surface area (Å²) >= 11 is 1.66. The number of nitrogens with two attached hydrogens (primary N) is 1. The first-order valence-corrected chi connectivity index (χ1v) is 6.63. The number of nitrogens with one attached hydrogen (secondary N) is 1. The molecule has 0 bridgehead atoms. The molecule has 1 aliphatic rings. The Labute approximate surface area is 100 Å². The van der Waals surface area contributed by atoms with Gasteiger partial charge >= 0.3 is 0 Å². The summed E-state index contributed by atoms with van der Waals surface area (Å²) in [6.45, 7) is 2.01. The second kappa shape index (κ2) is 4.97. The molecule has 16 heavy (non-hydrogen) atoms. The van der Waals surface area contributed by atoms with Crippen LogP contribution in [0.25, 0.3) is 0 Å². The number of amides is 1. The molecule has 88 valence electrons. The Morgan fingerprint density at radius 2 is 2.44 bits per heavy atom. The summed E-state index contributed by atoms with van der Waals surface area (Å²) in [6.07, 6.45) is 2.84. The largest absolute Gasteiger partial charge is 0.349 e. The minimum absolute atomic E-state index is 0.0514. The van der Waals surface area contributed by atoms with Crippen LogP contribution in [0, 0.1) is 5.92 Å². The first-order chi connectivity index (χ1) is 7.66. The maximum absolute atomic E-state index is 11.7. The van der Waals surface area contributed by atoms with Gasteiger partial charge in [-0.05, 0) is 37.1 Å². The molecule has 1 aromatic heterocycles. The molecule has 4 heteroatoms. The molecule has 2 rings (SSSR count). The van der Waals surface area contributed by atoms with Gasteiger partial charge in [-0.2, -0.15) is 0 Å². The number of hydrogen-bond donors (Lipinski definition) is 2. The Bertz CT molecular complexity index is 346. The van der Waals surface area contributed by atoms with E-state index in [1.807, 2.05) is 24.4 Å². The molecule has 1 aromatic rings. The molecule has 2 unspecified atom stereocenters. The van der Waals surface area contributed by atoms with Crippen LogP contribution in [0.15, 0.2) is 17.5 Å². The van der Waals surface area contributed by atoms with Gasteiger partial charge in [-0.15, -0.1) is 11.3 Å². The van der Waals surface area contributed by atoms with Gasteiger partial charge in [-0.3, -0.25) is 4.79 Å². The van der Waals surface area contributed by atoms with Gasteiger partial charge in [0.15, 0.2) is 0 Å². The third-order valence-corrected chi connectivity index (χ3v) is 4.05. The van der Waals surface area contributed by atoms with Gasteiger partial charge in [0.2, 0.25) is 5.91 Å². The highest BCUT2D eigenvalue weighted by Gasteiger charge is 2.30. The lowest BCUT2D eigenvalue weighted by atomic mass is 10.1. The highest BCUT2D eigenvalue weighted by molar-refractivity contribution is 7.10. The summed E-state index contributed by atoms with van der Waals surface area (Å²) in [5.74, 6) is 0.656. The molecule has 0 aromatic carbocycles. The molecular weight excluding hydrogens is 220 g/mol. The fourth-order valence-electron chi connectivity index (χ4n) is 1.81. The summed E-state index contributed by atoms with van der Waals surface area (Å²) in [7, 11) is 0. The number of carbonyl (C=O) groups excluding carboxylic acids is 1. The Morgan fingerprint density at radius 3 is 3.00 bits per heavy atom. The van der Waals surface area contributed by atoms with Gasteiger partial charge < -0.3 is 11.1 Å². The maximum atomic E-state index is 11.7. The summed E-state index contributed by atoms with van der Waals surface area (Å²) in [6, 6.07) is 4.18. The van der Waals surface area contributed by atoms with Gasteiger partial charge in [0.25, 0.3) is 0 Å². The van der Waals surface area contributed by atoms with Crippen LogP contribution in [0.3, 0.4) is 0 Å². The van der Waals surface area contributed by atoms with Crippen LogP contribution < -0.4 is 11.1 Å². The van der Waals surface area contributed by atoms with E-state index in [4.69, 9.17) is 5.73 Å². The van der Waals surface area contributed by atoms with E-state index in [0.29, 0.717) is 12.3 Å². The van der Waals surface area contributed by atoms with Crippen molar-refractivity contribution in [2.45, 2.75) is 38.3 Å². The van der Waals surface area contributed by atoms with Crippen LogP contribution in [0.5, 0.6) is 0 Å². The fraction of sp³-hybridized carbons (Fsp3) is 0.583. The predicted molar refractivity (Wildman–Crippen MR) is 66.2 cm³/mol. The number of thiophene rings is 1. The van der Waals surface area contributed by atoms with E-state index >= 15 is 0 Å². The molecule has 1 amide bonds. The van der Waals surface area contributed by atoms with Gasteiger partial charge in [0.1, 0.15) is 0 Å². The second-order valence-corrected chi connectivity index (χ2v) is 5.49. The minimum atomic E-state index is 0.0514. The smallest absolute Gasteiger partial charge is 0.222 e. The standard InChI is InChI=1S/C12H18N2OS/c1-8(11-3-2-6-16-11)14-12(15)7-10(13)9-4-5-9/h2-3,6,8-10H,4-5,7,13H2,1H3,(H,14,15). The van der Waals surface area contributed by atoms with Crippen LogP contribution in [0.4, 0.5) is 0 Å². The zero-order valence-corrected chi connectivity index (χ0v) is 10.3. The average molecular weight is 238 g/mol. The highest BCUT2D eigenvalue weighted by Crippen LogP contribution is 2.32. The third-order valence-electron chi connectivity index (χ3n) is 3.00. The van der Waals surface area contributed by atoms with Crippen LogP contribution in [0.1, 0.15) is 37.1 Å². The molecule has 3 N–H and O–H groups in total. The van der Waals surface area contributed by atoms with E-state index in [0.717, 1.165) is 0 Å². The zero-order valence-electron chi connectivity index (χ0n) is 9.48. The average Bonchev–Trinajstić information content (AvgIpc) is 2.93. The summed E-state index contributed by atoms with van der Waals surface area (Å²) in [5.41, 5.74) is 5.92. The van der Waals surface area contributed by atoms with Crippen molar-refractivity contribution in [1.82, 2.24) is 5.32 Å². The molecule has 1 fully saturated rings. The van der Waals surface area contributed by atoms with Gasteiger partial charge in [-0.1, -0.05) is 6.07 Å². The lowest BCUT2D eigenvalue weighted by Gasteiger charge is -2.14. The molecule has 1 aliphatic carbocycles. The Balaban J connectivity index is 1.78. The Kier molecular flexibility index (Phi) is 3.61. The molecule has 2 atom stereocenters. The van der Waals surface area contributed by atoms with Gasteiger partial charge in [0.05, 0.1) is 6.04 Å². The molecule has 0 aliphatic heterocycles. The molecule has 0 saturated heterocycles. The fourth-order valence-corrected chi connectivity index (χ4v) is 2.55. The number of carbonyl (C=O) groups is 1. The predicted octanol–water partition coefficient (Wildman–Crippen LogP) is 2.05. The number of rotatable bonds is 5. The van der Waals surface area contributed by atoms with Crippen LogP contribution in [-0.2, 0) is 4.79 Å². The highest BCUT2D eigenvalue weighted by atomic mass is 32.1. The van der Waals surface area contributed by atoms with E-state index in [2.05, 4.69) is 5.32 Å². The lowest BCUT2D eigenvalue weighted by Crippen LogP contribution is -2.34. The lowest BCUT2D eigenvalue weighted by molar-refractivity contribution is -0.122. The van der Waals surface area contributed by atoms with Crippen molar-refractivity contribution < 1.29 is 4.79 Å². The quantitative estimate of drug-likeness (QED) is 0.825. The first-order valence-electron chi connectivity index (χ1n) is 5.75. The Hall–Kier alpha value is -0.870. The van der Waals surface area contributed by atoms with Crippen molar-refractivity contribution in [3.05, 3.63) is 22.4 Å². The van der Waals surface area contributed by atoms with E-state index < -0.39 is 0 Å². The summed E-state index contributed by atoms with van der Waals surface area (Å²) in [4.78, 5) is 12.9. The van der Waals surface area contributed by atoms with Crippen molar-refractivity contribution >= 4 is 17.2 Å². The van der Waals surface area contributed by atoms with E-state index in [1.54, 1.807) is 11.3 Å². The topological polar surface area (TPSA) is 55.1 Å². The van der Waals surface area contributed by atoms with E-state index in [9.17, 15) is 4.79 Å². The number of hydrogen-bond acceptors (Lipinski definition) is 3. The van der Waals surface area contributed by atoms with Crippen molar-refractivity contribution in [3.8, 4) is 0 Å². The maximum Gasteiger partial charge on any atom is 0.222 e. The van der Waals surface area contributed by atoms with Gasteiger partial charge in [0, 0.05) is 17.3 Å². The molecule has 1 heterocycles. The second-order valence-electron chi connectivity index (χ2n) is 4.51. The van der Waals surface area contributed by atoms with Crippen LogP contribution in [0.2, 0.25) is 0 Å². The molecule has 1 saturated carbocycles. The van der Waals surface area contributed by atoms with Crippen molar-refractivity contribution in [3.63, 3.8) is 0 Å². The molecule has 0 radical (unpaired) electrons. The van der Waals surface area contributed by atoms with Crippen LogP contribution in [-0.4, -0.2) is 11.9 Å². The van der Waals surface area contributed by atoms with Crippen LogP contribution >= 0.6 is 11.3 Å². The molecule has 0 spiro atoms. The third kappa shape index (κ3) is 3.06. The van der Waals surface area contributed by atoms with Crippen molar-refractivity contribution in [1.29, 1.82) is 0 Å². The Morgan fingerprint density at radius 1 is 1.69 bits per heavy atom. The molecule has 3 nitrogen and oxygen atoms in total. The van der Waals surface area contributed by atoms with Crippen molar-refractivity contribution in [2.75, 3.05) is 0 Å². The zero-order chi connectivity index (χ0) is 11.5. The minimum Gasteiger partial charge on any atom is -0.349 e. The van der Waals surface area contributed by atoms with E-state index in [-0.39, 0.29) is 18.0 Å². The monoisotopic (exact) mass is 238 g/mol. The summed E-state index contributed by atoms with van der Waals surface area (Å²) in [5, 5.41) is 5.01. The van der Waals surface area contributed by atoms with E-state index in [1.165, 1.54) is 17.7 Å². The van der Waals surface area contributed by atoms with Gasteiger partial charge in [-0.25, -0.2) is 0 Å². The SMILES string of the molecule is CC(NC(=O)CC(N)C1CC1)c1cccs1. The first kappa shape index (κ1) is 11.6. The normalized spacial score (nSPS) is 19.1. The molecular formula is C12H18N2OS.